The molecule has 0 radical (unpaired) electrons. The topological polar surface area (TPSA) is 46.2 Å². The van der Waals surface area contributed by atoms with Crippen LogP contribution in [0.3, 0.4) is 0 Å². The van der Waals surface area contributed by atoms with E-state index in [2.05, 4.69) is 0 Å². The van der Waals surface area contributed by atoms with Crippen molar-refractivity contribution in [2.75, 3.05) is 6.61 Å². The monoisotopic (exact) mass is 221 g/mol. The van der Waals surface area contributed by atoms with E-state index in [9.17, 15) is 0 Å². The first kappa shape index (κ1) is 12.7. The maximum absolute atomic E-state index is 8.65. The molecular formula is C9H13Cl2NO. The van der Waals surface area contributed by atoms with Crippen molar-refractivity contribution < 1.29 is 5.11 Å². The van der Waals surface area contributed by atoms with Crippen molar-refractivity contribution in [2.24, 2.45) is 5.73 Å². The highest BCUT2D eigenvalue weighted by Gasteiger charge is 2.03. The summed E-state index contributed by atoms with van der Waals surface area (Å²) in [6, 6.07) is 7.26. The van der Waals surface area contributed by atoms with Crippen LogP contribution in [-0.2, 0) is 0 Å². The molecule has 1 aromatic carbocycles. The smallest absolute Gasteiger partial charge is 0.0449 e. The lowest BCUT2D eigenvalue weighted by atomic mass is 10.1. The van der Waals surface area contributed by atoms with Gasteiger partial charge in [0.05, 0.1) is 0 Å². The summed E-state index contributed by atoms with van der Waals surface area (Å²) in [5.74, 6) is 0. The molecule has 0 aliphatic carbocycles. The van der Waals surface area contributed by atoms with Crippen molar-refractivity contribution in [3.8, 4) is 0 Å². The van der Waals surface area contributed by atoms with E-state index in [4.69, 9.17) is 22.4 Å². The molecular weight excluding hydrogens is 209 g/mol. The van der Waals surface area contributed by atoms with E-state index in [-0.39, 0.29) is 25.1 Å². The van der Waals surface area contributed by atoms with Crippen LogP contribution in [0.1, 0.15) is 18.0 Å². The molecule has 0 aromatic heterocycles. The Hall–Kier alpha value is -0.280. The Bertz CT molecular complexity index is 238. The summed E-state index contributed by atoms with van der Waals surface area (Å²) in [4.78, 5) is 0. The van der Waals surface area contributed by atoms with Gasteiger partial charge in [-0.25, -0.2) is 0 Å². The Balaban J connectivity index is 0.00000144. The van der Waals surface area contributed by atoms with Gasteiger partial charge < -0.3 is 10.8 Å². The average molecular weight is 222 g/mol. The molecule has 0 aliphatic heterocycles. The highest BCUT2D eigenvalue weighted by Crippen LogP contribution is 2.16. The number of nitrogens with two attached hydrogens (primary N) is 1. The summed E-state index contributed by atoms with van der Waals surface area (Å²) in [7, 11) is 0. The third kappa shape index (κ3) is 3.96. The Kier molecular flexibility index (Phi) is 6.08. The molecule has 0 aliphatic rings. The van der Waals surface area contributed by atoms with E-state index in [1.807, 2.05) is 12.1 Å². The molecule has 0 fully saturated rings. The third-order valence-electron chi connectivity index (χ3n) is 1.74. The first-order valence-electron chi connectivity index (χ1n) is 3.86. The third-order valence-corrected chi connectivity index (χ3v) is 1.99. The minimum absolute atomic E-state index is 0. The van der Waals surface area contributed by atoms with Gasteiger partial charge in [0.25, 0.3) is 0 Å². The second kappa shape index (κ2) is 6.22. The molecule has 13 heavy (non-hydrogen) atoms. The lowest BCUT2D eigenvalue weighted by molar-refractivity contribution is 0.276. The number of hydrogen-bond donors (Lipinski definition) is 2. The summed E-state index contributed by atoms with van der Waals surface area (Å²) < 4.78 is 0. The van der Waals surface area contributed by atoms with Gasteiger partial charge in [-0.3, -0.25) is 0 Å². The first-order chi connectivity index (χ1) is 5.74. The van der Waals surface area contributed by atoms with Crippen LogP contribution in [0.2, 0.25) is 5.02 Å². The standard InChI is InChI=1S/C9H12ClNO.ClH/c10-8-3-1-7(2-4-8)9(11)5-6-12;/h1-4,9,12H,5-6,11H2;1H/t9-;/m1./s1. The molecule has 0 heterocycles. The van der Waals surface area contributed by atoms with Crippen LogP contribution in [0.4, 0.5) is 0 Å². The van der Waals surface area contributed by atoms with Crippen molar-refractivity contribution in [3.63, 3.8) is 0 Å². The SMILES string of the molecule is Cl.N[C@H](CCO)c1ccc(Cl)cc1. The maximum atomic E-state index is 8.65. The van der Waals surface area contributed by atoms with Crippen LogP contribution in [-0.4, -0.2) is 11.7 Å². The van der Waals surface area contributed by atoms with Crippen molar-refractivity contribution in [1.82, 2.24) is 0 Å². The van der Waals surface area contributed by atoms with Gasteiger partial charge >= 0.3 is 0 Å². The Morgan fingerprint density at radius 3 is 2.31 bits per heavy atom. The van der Waals surface area contributed by atoms with Crippen molar-refractivity contribution >= 4 is 24.0 Å². The predicted octanol–water partition coefficient (Wildman–Crippen LogP) is 2.14. The van der Waals surface area contributed by atoms with Crippen molar-refractivity contribution in [3.05, 3.63) is 34.9 Å². The van der Waals surface area contributed by atoms with E-state index >= 15 is 0 Å². The fourth-order valence-corrected chi connectivity index (χ4v) is 1.14. The molecule has 0 spiro atoms. The number of hydrogen-bond acceptors (Lipinski definition) is 2. The molecule has 0 unspecified atom stereocenters. The van der Waals surface area contributed by atoms with E-state index < -0.39 is 0 Å². The highest BCUT2D eigenvalue weighted by atomic mass is 35.5. The minimum atomic E-state index is -0.0905. The first-order valence-corrected chi connectivity index (χ1v) is 4.23. The van der Waals surface area contributed by atoms with Crippen LogP contribution in [0.25, 0.3) is 0 Å². The molecule has 0 amide bonds. The molecule has 1 aromatic rings. The quantitative estimate of drug-likeness (QED) is 0.822. The molecule has 1 atom stereocenters. The highest BCUT2D eigenvalue weighted by molar-refractivity contribution is 6.30. The predicted molar refractivity (Wildman–Crippen MR) is 57.3 cm³/mol. The maximum Gasteiger partial charge on any atom is 0.0449 e. The summed E-state index contributed by atoms with van der Waals surface area (Å²) in [6.07, 6.45) is 0.585. The normalized spacial score (nSPS) is 11.9. The molecule has 3 N–H and O–H groups in total. The average Bonchev–Trinajstić information content (AvgIpc) is 2.06. The number of rotatable bonds is 3. The number of aliphatic hydroxyl groups is 1. The lowest BCUT2D eigenvalue weighted by Crippen LogP contribution is -2.11. The second-order valence-electron chi connectivity index (χ2n) is 2.67. The van der Waals surface area contributed by atoms with Crippen molar-refractivity contribution in [2.45, 2.75) is 12.5 Å². The largest absolute Gasteiger partial charge is 0.396 e. The summed E-state index contributed by atoms with van der Waals surface area (Å²) in [5, 5.41) is 9.35. The van der Waals surface area contributed by atoms with Crippen LogP contribution < -0.4 is 5.73 Å². The minimum Gasteiger partial charge on any atom is -0.396 e. The molecule has 0 saturated carbocycles. The lowest BCUT2D eigenvalue weighted by Gasteiger charge is -2.09. The van der Waals surface area contributed by atoms with Gasteiger partial charge in [0, 0.05) is 17.7 Å². The van der Waals surface area contributed by atoms with Gasteiger partial charge in [-0.15, -0.1) is 12.4 Å². The number of halogens is 2. The van der Waals surface area contributed by atoms with Gasteiger partial charge in [-0.1, -0.05) is 23.7 Å². The van der Waals surface area contributed by atoms with E-state index in [0.29, 0.717) is 11.4 Å². The van der Waals surface area contributed by atoms with E-state index in [0.717, 1.165) is 5.56 Å². The Morgan fingerprint density at radius 2 is 1.85 bits per heavy atom. The van der Waals surface area contributed by atoms with Gasteiger partial charge in [-0.05, 0) is 24.1 Å². The zero-order chi connectivity index (χ0) is 8.97. The van der Waals surface area contributed by atoms with Crippen LogP contribution in [0.15, 0.2) is 24.3 Å². The molecule has 1 rings (SSSR count). The van der Waals surface area contributed by atoms with Crippen molar-refractivity contribution in [1.29, 1.82) is 0 Å². The van der Waals surface area contributed by atoms with Gasteiger partial charge in [-0.2, -0.15) is 0 Å². The summed E-state index contributed by atoms with van der Waals surface area (Å²) in [6.45, 7) is 0.115. The van der Waals surface area contributed by atoms with Gasteiger partial charge in [0.1, 0.15) is 0 Å². The Morgan fingerprint density at radius 1 is 1.31 bits per heavy atom. The van der Waals surface area contributed by atoms with E-state index in [1.165, 1.54) is 0 Å². The van der Waals surface area contributed by atoms with Crippen LogP contribution >= 0.6 is 24.0 Å². The van der Waals surface area contributed by atoms with Gasteiger partial charge in [0.2, 0.25) is 0 Å². The molecule has 0 saturated heterocycles. The molecule has 0 bridgehead atoms. The second-order valence-corrected chi connectivity index (χ2v) is 3.11. The fourth-order valence-electron chi connectivity index (χ4n) is 1.02. The Labute approximate surface area is 89.1 Å². The van der Waals surface area contributed by atoms with E-state index in [1.54, 1.807) is 12.1 Å². The zero-order valence-corrected chi connectivity index (χ0v) is 8.68. The zero-order valence-electron chi connectivity index (χ0n) is 7.11. The number of benzene rings is 1. The fraction of sp³-hybridized carbons (Fsp3) is 0.333. The van der Waals surface area contributed by atoms with Gasteiger partial charge in [0.15, 0.2) is 0 Å². The summed E-state index contributed by atoms with van der Waals surface area (Å²) >= 11 is 5.70. The van der Waals surface area contributed by atoms with Crippen LogP contribution in [0.5, 0.6) is 0 Å². The molecule has 4 heteroatoms. The summed E-state index contributed by atoms with van der Waals surface area (Å²) in [5.41, 5.74) is 6.76. The number of aliphatic hydroxyl groups excluding tert-OH is 1. The molecule has 74 valence electrons. The van der Waals surface area contributed by atoms with Crippen LogP contribution in [0, 0.1) is 0 Å². The molecule has 2 nitrogen and oxygen atoms in total.